The van der Waals surface area contributed by atoms with Crippen molar-refractivity contribution in [2.24, 2.45) is 22.5 Å². The van der Waals surface area contributed by atoms with Gasteiger partial charge in [0.1, 0.15) is 0 Å². The molecule has 0 bridgehead atoms. The molecule has 16 heavy (non-hydrogen) atoms. The molecule has 0 aromatic rings. The summed E-state index contributed by atoms with van der Waals surface area (Å²) in [4.78, 5) is 13.9. The molecule has 0 aromatic carbocycles. The largest absolute Gasteiger partial charge is 0.341 e. The Morgan fingerprint density at radius 3 is 2.38 bits per heavy atom. The summed E-state index contributed by atoms with van der Waals surface area (Å²) in [6, 6.07) is -0.251. The summed E-state index contributed by atoms with van der Waals surface area (Å²) in [5, 5.41) is 0. The van der Waals surface area contributed by atoms with E-state index in [0.717, 1.165) is 25.9 Å². The lowest BCUT2D eigenvalue weighted by Crippen LogP contribution is -2.49. The highest BCUT2D eigenvalue weighted by Gasteiger charge is 2.64. The Bertz CT molecular complexity index is 295. The second-order valence-corrected chi connectivity index (χ2v) is 6.53. The Kier molecular flexibility index (Phi) is 2.57. The second kappa shape index (κ2) is 3.46. The van der Waals surface area contributed by atoms with Crippen molar-refractivity contribution < 1.29 is 4.79 Å². The number of piperidine rings is 1. The molecule has 1 aliphatic heterocycles. The smallest absolute Gasteiger partial charge is 0.239 e. The molecule has 2 fully saturated rings. The van der Waals surface area contributed by atoms with Crippen LogP contribution in [-0.4, -0.2) is 29.9 Å². The molecule has 2 N–H and O–H groups in total. The summed E-state index contributed by atoms with van der Waals surface area (Å²) in [7, 11) is 0. The number of nitrogens with two attached hydrogens (primary N) is 1. The number of rotatable bonds is 2. The summed E-state index contributed by atoms with van der Waals surface area (Å²) in [5.41, 5.74) is 6.52. The maximum absolute atomic E-state index is 11.9. The van der Waals surface area contributed by atoms with Gasteiger partial charge in [0.25, 0.3) is 0 Å². The van der Waals surface area contributed by atoms with E-state index in [1.54, 1.807) is 0 Å². The normalized spacial score (nSPS) is 32.9. The fraction of sp³-hybridized carbons (Fsp3) is 0.923. The van der Waals surface area contributed by atoms with Gasteiger partial charge < -0.3 is 10.6 Å². The minimum atomic E-state index is -0.251. The number of hydrogen-bond donors (Lipinski definition) is 1. The van der Waals surface area contributed by atoms with Gasteiger partial charge in [0.05, 0.1) is 6.04 Å². The molecule has 0 aromatic heterocycles. The fourth-order valence-electron chi connectivity index (χ4n) is 3.16. The number of likely N-dealkylation sites (tertiary alicyclic amines) is 1. The summed E-state index contributed by atoms with van der Waals surface area (Å²) in [6.45, 7) is 11.0. The van der Waals surface area contributed by atoms with Crippen LogP contribution < -0.4 is 5.73 Å². The molecule has 1 heterocycles. The van der Waals surface area contributed by atoms with E-state index in [1.807, 2.05) is 4.90 Å². The van der Waals surface area contributed by atoms with E-state index in [9.17, 15) is 4.79 Å². The lowest BCUT2D eigenvalue weighted by Gasteiger charge is -2.31. The first kappa shape index (κ1) is 11.9. The number of carbonyl (C=O) groups is 1. The van der Waals surface area contributed by atoms with Gasteiger partial charge in [0.15, 0.2) is 0 Å². The quantitative estimate of drug-likeness (QED) is 0.774. The van der Waals surface area contributed by atoms with Crippen molar-refractivity contribution in [3.8, 4) is 0 Å². The summed E-state index contributed by atoms with van der Waals surface area (Å²) in [5.74, 6) is 0.777. The van der Waals surface area contributed by atoms with Crippen LogP contribution in [0.3, 0.4) is 0 Å². The van der Waals surface area contributed by atoms with Crippen molar-refractivity contribution >= 4 is 5.91 Å². The molecule has 3 nitrogen and oxygen atoms in total. The third kappa shape index (κ3) is 1.56. The molecule has 1 saturated carbocycles. The fourth-order valence-corrected chi connectivity index (χ4v) is 3.16. The van der Waals surface area contributed by atoms with Crippen LogP contribution in [0.5, 0.6) is 0 Å². The van der Waals surface area contributed by atoms with Gasteiger partial charge in [0, 0.05) is 13.1 Å². The van der Waals surface area contributed by atoms with Crippen LogP contribution in [0.4, 0.5) is 0 Å². The Morgan fingerprint density at radius 1 is 1.31 bits per heavy atom. The van der Waals surface area contributed by atoms with Crippen molar-refractivity contribution in [2.75, 3.05) is 13.1 Å². The molecule has 3 heteroatoms. The van der Waals surface area contributed by atoms with E-state index in [0.29, 0.717) is 16.7 Å². The Balaban J connectivity index is 1.99. The van der Waals surface area contributed by atoms with Gasteiger partial charge in [-0.25, -0.2) is 0 Å². The number of carbonyl (C=O) groups excluding carboxylic acids is 1. The van der Waals surface area contributed by atoms with E-state index in [1.165, 1.54) is 0 Å². The van der Waals surface area contributed by atoms with Crippen LogP contribution in [0, 0.1) is 16.7 Å². The van der Waals surface area contributed by atoms with Crippen LogP contribution in [-0.2, 0) is 4.79 Å². The number of amides is 1. The van der Waals surface area contributed by atoms with Gasteiger partial charge in [0.2, 0.25) is 5.91 Å². The molecule has 1 aliphatic carbocycles. The molecular weight excluding hydrogens is 200 g/mol. The number of nitrogens with zero attached hydrogens (tertiary/aromatic N) is 1. The predicted octanol–water partition coefficient (Wildman–Crippen LogP) is 1.62. The molecule has 2 rings (SSSR count). The molecular formula is C13H24N2O. The molecule has 0 spiro atoms. The minimum absolute atomic E-state index is 0.157. The first-order valence-electron chi connectivity index (χ1n) is 6.33. The monoisotopic (exact) mass is 224 g/mol. The average molecular weight is 224 g/mol. The highest BCUT2D eigenvalue weighted by Crippen LogP contribution is 2.68. The Hall–Kier alpha value is -0.570. The topological polar surface area (TPSA) is 46.3 Å². The molecule has 1 atom stereocenters. The van der Waals surface area contributed by atoms with Gasteiger partial charge in [-0.3, -0.25) is 4.79 Å². The first-order chi connectivity index (χ1) is 7.28. The SMILES string of the molecule is CC1(C)C(CN2CCCC(N)C2=O)C1(C)C. The van der Waals surface area contributed by atoms with Gasteiger partial charge in [-0.15, -0.1) is 0 Å². The lowest BCUT2D eigenvalue weighted by molar-refractivity contribution is -0.135. The molecule has 1 unspecified atom stereocenters. The third-order valence-corrected chi connectivity index (χ3v) is 5.29. The molecule has 1 saturated heterocycles. The van der Waals surface area contributed by atoms with E-state index in [-0.39, 0.29) is 11.9 Å². The van der Waals surface area contributed by atoms with Gasteiger partial charge in [-0.05, 0) is 29.6 Å². The Labute approximate surface area is 98.4 Å². The third-order valence-electron chi connectivity index (χ3n) is 5.29. The number of hydrogen-bond acceptors (Lipinski definition) is 2. The van der Waals surface area contributed by atoms with Crippen LogP contribution >= 0.6 is 0 Å². The standard InChI is InChI=1S/C13H24N2O/c1-12(2)10(13(12,3)4)8-15-7-5-6-9(14)11(15)16/h9-10H,5-8,14H2,1-4H3. The van der Waals surface area contributed by atoms with E-state index < -0.39 is 0 Å². The molecule has 1 amide bonds. The zero-order valence-corrected chi connectivity index (χ0v) is 10.9. The van der Waals surface area contributed by atoms with E-state index in [2.05, 4.69) is 27.7 Å². The van der Waals surface area contributed by atoms with Gasteiger partial charge in [-0.2, -0.15) is 0 Å². The second-order valence-electron chi connectivity index (χ2n) is 6.53. The van der Waals surface area contributed by atoms with Crippen LogP contribution in [0.15, 0.2) is 0 Å². The van der Waals surface area contributed by atoms with Gasteiger partial charge >= 0.3 is 0 Å². The highest BCUT2D eigenvalue weighted by atomic mass is 16.2. The first-order valence-corrected chi connectivity index (χ1v) is 6.33. The summed E-state index contributed by atoms with van der Waals surface area (Å²) < 4.78 is 0. The predicted molar refractivity (Wildman–Crippen MR) is 64.8 cm³/mol. The average Bonchev–Trinajstić information content (AvgIpc) is 2.55. The van der Waals surface area contributed by atoms with Gasteiger partial charge in [-0.1, -0.05) is 27.7 Å². The molecule has 2 aliphatic rings. The van der Waals surface area contributed by atoms with Crippen molar-refractivity contribution in [3.63, 3.8) is 0 Å². The van der Waals surface area contributed by atoms with Crippen LogP contribution in [0.2, 0.25) is 0 Å². The van der Waals surface area contributed by atoms with Crippen molar-refractivity contribution in [2.45, 2.75) is 46.6 Å². The zero-order chi connectivity index (χ0) is 12.1. The molecule has 0 radical (unpaired) electrons. The minimum Gasteiger partial charge on any atom is -0.341 e. The summed E-state index contributed by atoms with van der Waals surface area (Å²) in [6.07, 6.45) is 1.91. The van der Waals surface area contributed by atoms with Crippen molar-refractivity contribution in [3.05, 3.63) is 0 Å². The van der Waals surface area contributed by atoms with E-state index >= 15 is 0 Å². The van der Waals surface area contributed by atoms with Crippen molar-refractivity contribution in [1.82, 2.24) is 4.90 Å². The highest BCUT2D eigenvalue weighted by molar-refractivity contribution is 5.82. The maximum Gasteiger partial charge on any atom is 0.239 e. The maximum atomic E-state index is 11.9. The van der Waals surface area contributed by atoms with Crippen LogP contribution in [0.25, 0.3) is 0 Å². The lowest BCUT2D eigenvalue weighted by atomic mass is 10.0. The van der Waals surface area contributed by atoms with E-state index in [4.69, 9.17) is 5.73 Å². The van der Waals surface area contributed by atoms with Crippen LogP contribution in [0.1, 0.15) is 40.5 Å². The zero-order valence-electron chi connectivity index (χ0n) is 10.9. The van der Waals surface area contributed by atoms with Crippen molar-refractivity contribution in [1.29, 1.82) is 0 Å². The molecule has 92 valence electrons. The summed E-state index contributed by atoms with van der Waals surface area (Å²) >= 11 is 0. The Morgan fingerprint density at radius 2 is 1.88 bits per heavy atom.